The highest BCUT2D eigenvalue weighted by atomic mass is 35.5. The predicted molar refractivity (Wildman–Crippen MR) is 92.5 cm³/mol. The first-order chi connectivity index (χ1) is 11.0. The minimum Gasteiger partial charge on any atom is -0.335 e. The van der Waals surface area contributed by atoms with Crippen molar-refractivity contribution in [2.75, 3.05) is 6.54 Å². The molecule has 1 N–H and O–H groups in total. The fourth-order valence-electron chi connectivity index (χ4n) is 2.44. The molecule has 0 saturated heterocycles. The number of amides is 1. The number of rotatable bonds is 6. The summed E-state index contributed by atoms with van der Waals surface area (Å²) >= 11 is 5.97. The van der Waals surface area contributed by atoms with Gasteiger partial charge in [-0.3, -0.25) is 9.59 Å². The normalized spacial score (nSPS) is 12.3. The Bertz CT molecular complexity index is 757. The summed E-state index contributed by atoms with van der Waals surface area (Å²) in [4.78, 5) is 33.6. The standard InChI is InChI=1S/C17H22ClN3O2/c1-4-8-21(17(23)11(3)5-2)10-15-19-14-9-12(18)6-7-13(14)16(22)20-15/h6-7,9,11H,4-5,8,10H2,1-3H3,(H,19,20,22). The molecule has 23 heavy (non-hydrogen) atoms. The van der Waals surface area contributed by atoms with E-state index in [-0.39, 0.29) is 17.4 Å². The van der Waals surface area contributed by atoms with Crippen LogP contribution in [0.1, 0.15) is 39.4 Å². The summed E-state index contributed by atoms with van der Waals surface area (Å²) in [7, 11) is 0. The molecule has 1 aromatic heterocycles. The molecule has 0 aliphatic carbocycles. The summed E-state index contributed by atoms with van der Waals surface area (Å²) in [6.07, 6.45) is 1.64. The van der Waals surface area contributed by atoms with Crippen LogP contribution < -0.4 is 5.56 Å². The first kappa shape index (κ1) is 17.5. The van der Waals surface area contributed by atoms with Gasteiger partial charge in [-0.15, -0.1) is 0 Å². The molecule has 0 fully saturated rings. The van der Waals surface area contributed by atoms with Crippen LogP contribution in [0.25, 0.3) is 10.9 Å². The Balaban J connectivity index is 2.34. The zero-order valence-electron chi connectivity index (χ0n) is 13.7. The molecule has 0 bridgehead atoms. The van der Waals surface area contributed by atoms with Gasteiger partial charge in [-0.1, -0.05) is 32.4 Å². The van der Waals surface area contributed by atoms with Crippen LogP contribution in [0.2, 0.25) is 5.02 Å². The third-order valence-electron chi connectivity index (χ3n) is 3.90. The molecule has 0 radical (unpaired) electrons. The number of carbonyl (C=O) groups excluding carboxylic acids is 1. The number of nitrogens with zero attached hydrogens (tertiary/aromatic N) is 2. The molecule has 1 atom stereocenters. The van der Waals surface area contributed by atoms with Gasteiger partial charge in [0, 0.05) is 17.5 Å². The summed E-state index contributed by atoms with van der Waals surface area (Å²) in [5.74, 6) is 0.529. The lowest BCUT2D eigenvalue weighted by Gasteiger charge is -2.24. The third kappa shape index (κ3) is 4.10. The van der Waals surface area contributed by atoms with E-state index in [9.17, 15) is 9.59 Å². The summed E-state index contributed by atoms with van der Waals surface area (Å²) < 4.78 is 0. The zero-order chi connectivity index (χ0) is 17.0. The van der Waals surface area contributed by atoms with Crippen molar-refractivity contribution in [3.8, 4) is 0 Å². The molecular weight excluding hydrogens is 314 g/mol. The minimum absolute atomic E-state index is 0.0387. The van der Waals surface area contributed by atoms with Gasteiger partial charge in [-0.25, -0.2) is 4.98 Å². The second-order valence-electron chi connectivity index (χ2n) is 5.74. The van der Waals surface area contributed by atoms with Gasteiger partial charge in [0.2, 0.25) is 5.91 Å². The maximum atomic E-state index is 12.5. The van der Waals surface area contributed by atoms with Crippen LogP contribution in [0.5, 0.6) is 0 Å². The Morgan fingerprint density at radius 3 is 2.78 bits per heavy atom. The zero-order valence-corrected chi connectivity index (χ0v) is 14.5. The molecule has 0 saturated carbocycles. The monoisotopic (exact) mass is 335 g/mol. The van der Waals surface area contributed by atoms with E-state index in [0.29, 0.717) is 34.8 Å². The van der Waals surface area contributed by atoms with Crippen LogP contribution >= 0.6 is 11.6 Å². The van der Waals surface area contributed by atoms with E-state index < -0.39 is 0 Å². The first-order valence-electron chi connectivity index (χ1n) is 7.93. The molecule has 2 rings (SSSR count). The van der Waals surface area contributed by atoms with Crippen LogP contribution in [-0.2, 0) is 11.3 Å². The summed E-state index contributed by atoms with van der Waals surface area (Å²) in [6, 6.07) is 4.98. The molecule has 1 amide bonds. The second-order valence-corrected chi connectivity index (χ2v) is 6.18. The third-order valence-corrected chi connectivity index (χ3v) is 4.13. The Kier molecular flexibility index (Phi) is 5.77. The maximum Gasteiger partial charge on any atom is 0.258 e. The van der Waals surface area contributed by atoms with E-state index in [2.05, 4.69) is 9.97 Å². The summed E-state index contributed by atoms with van der Waals surface area (Å²) in [5.41, 5.74) is 0.331. The van der Waals surface area contributed by atoms with E-state index in [1.165, 1.54) is 0 Å². The molecule has 1 aromatic carbocycles. The van der Waals surface area contributed by atoms with E-state index in [4.69, 9.17) is 11.6 Å². The smallest absolute Gasteiger partial charge is 0.258 e. The lowest BCUT2D eigenvalue weighted by molar-refractivity contribution is -0.135. The summed E-state index contributed by atoms with van der Waals surface area (Å²) in [6.45, 7) is 6.87. The molecule has 0 aliphatic rings. The van der Waals surface area contributed by atoms with E-state index in [1.807, 2.05) is 20.8 Å². The van der Waals surface area contributed by atoms with Crippen molar-refractivity contribution in [3.05, 3.63) is 39.4 Å². The largest absolute Gasteiger partial charge is 0.335 e. The molecule has 0 aliphatic heterocycles. The lowest BCUT2D eigenvalue weighted by atomic mass is 10.1. The van der Waals surface area contributed by atoms with E-state index >= 15 is 0 Å². The van der Waals surface area contributed by atoms with Crippen molar-refractivity contribution in [3.63, 3.8) is 0 Å². The topological polar surface area (TPSA) is 66.1 Å². The van der Waals surface area contributed by atoms with Gasteiger partial charge in [0.1, 0.15) is 5.82 Å². The van der Waals surface area contributed by atoms with Crippen molar-refractivity contribution in [2.45, 2.75) is 40.2 Å². The fourth-order valence-corrected chi connectivity index (χ4v) is 2.61. The van der Waals surface area contributed by atoms with Crippen molar-refractivity contribution >= 4 is 28.4 Å². The van der Waals surface area contributed by atoms with Gasteiger partial charge < -0.3 is 9.88 Å². The number of halogens is 1. The number of H-pyrrole nitrogens is 1. The summed E-state index contributed by atoms with van der Waals surface area (Å²) in [5, 5.41) is 1.02. The average molecular weight is 336 g/mol. The molecule has 1 unspecified atom stereocenters. The van der Waals surface area contributed by atoms with Crippen molar-refractivity contribution in [1.29, 1.82) is 0 Å². The molecule has 6 heteroatoms. The van der Waals surface area contributed by atoms with Gasteiger partial charge in [0.25, 0.3) is 5.56 Å². The Morgan fingerprint density at radius 1 is 1.39 bits per heavy atom. The van der Waals surface area contributed by atoms with Crippen molar-refractivity contribution in [2.24, 2.45) is 5.92 Å². The first-order valence-corrected chi connectivity index (χ1v) is 8.31. The highest BCUT2D eigenvalue weighted by Gasteiger charge is 2.19. The number of carbonyl (C=O) groups is 1. The van der Waals surface area contributed by atoms with Gasteiger partial charge in [0.05, 0.1) is 17.4 Å². The van der Waals surface area contributed by atoms with E-state index in [0.717, 1.165) is 12.8 Å². The Morgan fingerprint density at radius 2 is 2.13 bits per heavy atom. The average Bonchev–Trinajstić information content (AvgIpc) is 2.52. The Hall–Kier alpha value is -1.88. The van der Waals surface area contributed by atoms with Crippen LogP contribution in [-0.4, -0.2) is 27.3 Å². The van der Waals surface area contributed by atoms with Gasteiger partial charge in [0.15, 0.2) is 0 Å². The molecule has 2 aromatic rings. The van der Waals surface area contributed by atoms with Crippen molar-refractivity contribution < 1.29 is 4.79 Å². The fraction of sp³-hybridized carbons (Fsp3) is 0.471. The number of aromatic amines is 1. The Labute approximate surface area is 140 Å². The molecular formula is C17H22ClN3O2. The minimum atomic E-state index is -0.214. The highest BCUT2D eigenvalue weighted by molar-refractivity contribution is 6.31. The number of nitrogens with one attached hydrogen (secondary N) is 1. The second kappa shape index (κ2) is 7.59. The van der Waals surface area contributed by atoms with Crippen LogP contribution in [0.3, 0.4) is 0 Å². The van der Waals surface area contributed by atoms with Crippen LogP contribution in [0.4, 0.5) is 0 Å². The molecule has 0 spiro atoms. The van der Waals surface area contributed by atoms with Crippen LogP contribution in [0.15, 0.2) is 23.0 Å². The number of hydrogen-bond donors (Lipinski definition) is 1. The molecule has 1 heterocycles. The molecule has 124 valence electrons. The predicted octanol–water partition coefficient (Wildman–Crippen LogP) is 3.36. The van der Waals surface area contributed by atoms with Gasteiger partial charge in [-0.05, 0) is 31.0 Å². The van der Waals surface area contributed by atoms with Gasteiger partial charge in [-0.2, -0.15) is 0 Å². The molecule has 5 nitrogen and oxygen atoms in total. The van der Waals surface area contributed by atoms with Crippen molar-refractivity contribution in [1.82, 2.24) is 14.9 Å². The number of aromatic nitrogens is 2. The quantitative estimate of drug-likeness (QED) is 0.880. The SMILES string of the molecule is CCCN(Cc1nc2cc(Cl)ccc2c(=O)[nH]1)C(=O)C(C)CC. The number of hydrogen-bond acceptors (Lipinski definition) is 3. The van der Waals surface area contributed by atoms with Crippen LogP contribution in [0, 0.1) is 5.92 Å². The van der Waals surface area contributed by atoms with E-state index in [1.54, 1.807) is 23.1 Å². The maximum absolute atomic E-state index is 12.5. The number of benzene rings is 1. The lowest BCUT2D eigenvalue weighted by Crippen LogP contribution is -2.36. The highest BCUT2D eigenvalue weighted by Crippen LogP contribution is 2.16. The van der Waals surface area contributed by atoms with Gasteiger partial charge >= 0.3 is 0 Å². The number of fused-ring (bicyclic) bond motifs is 1.